The van der Waals surface area contributed by atoms with Crippen molar-refractivity contribution in [3.8, 4) is 5.75 Å². The van der Waals surface area contributed by atoms with Gasteiger partial charge < -0.3 is 20.3 Å². The fourth-order valence-electron chi connectivity index (χ4n) is 1.82. The maximum Gasteiger partial charge on any atom is 0.120 e. The van der Waals surface area contributed by atoms with Crippen molar-refractivity contribution in [1.82, 2.24) is 5.32 Å². The van der Waals surface area contributed by atoms with Crippen molar-refractivity contribution in [3.63, 3.8) is 0 Å². The van der Waals surface area contributed by atoms with E-state index < -0.39 is 0 Å². The number of nitrogens with one attached hydrogen (secondary N) is 1. The molecule has 0 aliphatic heterocycles. The van der Waals surface area contributed by atoms with Gasteiger partial charge in [0.25, 0.3) is 0 Å². The van der Waals surface area contributed by atoms with Gasteiger partial charge in [-0.1, -0.05) is 12.1 Å². The average molecular weight is 239 g/mol. The first-order chi connectivity index (χ1) is 8.08. The van der Waals surface area contributed by atoms with E-state index in [1.807, 2.05) is 26.0 Å². The standard InChI is InChI=1S/C13H21NO3/c1-9-4-5-12(13(16)6-9)10(2)14-11(7-15)8-17-3/h4-6,10-11,14-16H,7-8H2,1-3H3. The summed E-state index contributed by atoms with van der Waals surface area (Å²) in [6, 6.07) is 5.41. The largest absolute Gasteiger partial charge is 0.508 e. The fourth-order valence-corrected chi connectivity index (χ4v) is 1.82. The number of aliphatic hydroxyl groups is 1. The van der Waals surface area contributed by atoms with Crippen molar-refractivity contribution < 1.29 is 14.9 Å². The summed E-state index contributed by atoms with van der Waals surface area (Å²) < 4.78 is 5.00. The van der Waals surface area contributed by atoms with Crippen LogP contribution in [-0.2, 0) is 4.74 Å². The summed E-state index contributed by atoms with van der Waals surface area (Å²) in [7, 11) is 1.60. The average Bonchev–Trinajstić information content (AvgIpc) is 2.28. The molecule has 2 unspecified atom stereocenters. The second-order valence-electron chi connectivity index (χ2n) is 4.29. The maximum absolute atomic E-state index is 9.84. The van der Waals surface area contributed by atoms with Crippen molar-refractivity contribution >= 4 is 0 Å². The van der Waals surface area contributed by atoms with E-state index >= 15 is 0 Å². The molecule has 0 spiro atoms. The lowest BCUT2D eigenvalue weighted by Gasteiger charge is -2.22. The van der Waals surface area contributed by atoms with Crippen molar-refractivity contribution in [2.45, 2.75) is 25.9 Å². The normalized spacial score (nSPS) is 14.6. The van der Waals surface area contributed by atoms with Crippen LogP contribution in [0.5, 0.6) is 5.75 Å². The highest BCUT2D eigenvalue weighted by atomic mass is 16.5. The third-order valence-corrected chi connectivity index (χ3v) is 2.73. The summed E-state index contributed by atoms with van der Waals surface area (Å²) >= 11 is 0. The number of benzene rings is 1. The van der Waals surface area contributed by atoms with Gasteiger partial charge in [0, 0.05) is 18.7 Å². The molecule has 0 aliphatic carbocycles. The van der Waals surface area contributed by atoms with Gasteiger partial charge in [-0.25, -0.2) is 0 Å². The highest BCUT2D eigenvalue weighted by Gasteiger charge is 2.15. The van der Waals surface area contributed by atoms with Crippen LogP contribution in [0.1, 0.15) is 24.1 Å². The Labute approximate surface area is 102 Å². The molecule has 2 atom stereocenters. The quantitative estimate of drug-likeness (QED) is 0.701. The van der Waals surface area contributed by atoms with Gasteiger partial charge in [-0.2, -0.15) is 0 Å². The number of aryl methyl sites for hydroxylation is 1. The monoisotopic (exact) mass is 239 g/mol. The minimum atomic E-state index is -0.129. The van der Waals surface area contributed by atoms with Gasteiger partial charge in [-0.3, -0.25) is 0 Å². The SMILES string of the molecule is COCC(CO)NC(C)c1ccc(C)cc1O. The summed E-state index contributed by atoms with van der Waals surface area (Å²) in [4.78, 5) is 0. The van der Waals surface area contributed by atoms with Gasteiger partial charge in [0.15, 0.2) is 0 Å². The molecule has 0 heterocycles. The molecule has 3 N–H and O–H groups in total. The number of phenols is 1. The smallest absolute Gasteiger partial charge is 0.120 e. The van der Waals surface area contributed by atoms with Crippen LogP contribution >= 0.6 is 0 Å². The fraction of sp³-hybridized carbons (Fsp3) is 0.538. The van der Waals surface area contributed by atoms with Gasteiger partial charge in [0.1, 0.15) is 5.75 Å². The van der Waals surface area contributed by atoms with Gasteiger partial charge in [-0.05, 0) is 25.5 Å². The Morgan fingerprint density at radius 3 is 2.65 bits per heavy atom. The summed E-state index contributed by atoms with van der Waals surface area (Å²) in [6.45, 7) is 4.32. The molecule has 0 fully saturated rings. The van der Waals surface area contributed by atoms with Gasteiger partial charge in [0.2, 0.25) is 0 Å². The predicted molar refractivity (Wildman–Crippen MR) is 67.1 cm³/mol. The van der Waals surface area contributed by atoms with E-state index in [1.165, 1.54) is 0 Å². The molecule has 0 aliphatic rings. The lowest BCUT2D eigenvalue weighted by molar-refractivity contribution is 0.123. The van der Waals surface area contributed by atoms with Gasteiger partial charge >= 0.3 is 0 Å². The van der Waals surface area contributed by atoms with E-state index in [2.05, 4.69) is 5.32 Å². The molecule has 4 heteroatoms. The van der Waals surface area contributed by atoms with Crippen LogP contribution in [0.15, 0.2) is 18.2 Å². The number of rotatable bonds is 6. The molecule has 0 saturated heterocycles. The Kier molecular flexibility index (Phi) is 5.41. The van der Waals surface area contributed by atoms with Crippen LogP contribution in [-0.4, -0.2) is 36.6 Å². The van der Waals surface area contributed by atoms with Crippen LogP contribution < -0.4 is 5.32 Å². The first-order valence-corrected chi connectivity index (χ1v) is 5.73. The maximum atomic E-state index is 9.84. The molecule has 0 saturated carbocycles. The molecular weight excluding hydrogens is 218 g/mol. The zero-order chi connectivity index (χ0) is 12.8. The lowest BCUT2D eigenvalue weighted by Crippen LogP contribution is -2.38. The van der Waals surface area contributed by atoms with E-state index in [0.29, 0.717) is 6.61 Å². The third kappa shape index (κ3) is 4.00. The molecular formula is C13H21NO3. The molecule has 0 bridgehead atoms. The van der Waals surface area contributed by atoms with Crippen LogP contribution in [0, 0.1) is 6.92 Å². The number of aromatic hydroxyl groups is 1. The number of ether oxygens (including phenoxy) is 1. The number of methoxy groups -OCH3 is 1. The van der Waals surface area contributed by atoms with Gasteiger partial charge in [-0.15, -0.1) is 0 Å². The van der Waals surface area contributed by atoms with Crippen LogP contribution in [0.25, 0.3) is 0 Å². The van der Waals surface area contributed by atoms with Crippen molar-refractivity contribution in [1.29, 1.82) is 0 Å². The van der Waals surface area contributed by atoms with E-state index in [1.54, 1.807) is 13.2 Å². The topological polar surface area (TPSA) is 61.7 Å². The summed E-state index contributed by atoms with van der Waals surface area (Å²) in [5, 5.41) is 22.2. The number of hydrogen-bond acceptors (Lipinski definition) is 4. The molecule has 1 rings (SSSR count). The Morgan fingerprint density at radius 2 is 2.12 bits per heavy atom. The molecule has 0 amide bonds. The zero-order valence-corrected chi connectivity index (χ0v) is 10.6. The third-order valence-electron chi connectivity index (χ3n) is 2.73. The van der Waals surface area contributed by atoms with Crippen LogP contribution in [0.4, 0.5) is 0 Å². The van der Waals surface area contributed by atoms with Crippen LogP contribution in [0.3, 0.4) is 0 Å². The predicted octanol–water partition coefficient (Wildman–Crippen LogP) is 1.36. The van der Waals surface area contributed by atoms with Gasteiger partial charge in [0.05, 0.1) is 19.3 Å². The first kappa shape index (κ1) is 14.0. The minimum absolute atomic E-state index is 0.00477. The van der Waals surface area contributed by atoms with E-state index in [4.69, 9.17) is 9.84 Å². The molecule has 4 nitrogen and oxygen atoms in total. The molecule has 1 aromatic rings. The Balaban J connectivity index is 2.71. The first-order valence-electron chi connectivity index (χ1n) is 5.73. The lowest BCUT2D eigenvalue weighted by atomic mass is 10.0. The van der Waals surface area contributed by atoms with Crippen molar-refractivity contribution in [3.05, 3.63) is 29.3 Å². The molecule has 0 radical (unpaired) electrons. The zero-order valence-electron chi connectivity index (χ0n) is 10.6. The Hall–Kier alpha value is -1.10. The van der Waals surface area contributed by atoms with Crippen molar-refractivity contribution in [2.75, 3.05) is 20.3 Å². The number of aliphatic hydroxyl groups excluding tert-OH is 1. The second-order valence-corrected chi connectivity index (χ2v) is 4.29. The minimum Gasteiger partial charge on any atom is -0.508 e. The molecule has 0 aromatic heterocycles. The van der Waals surface area contributed by atoms with E-state index in [0.717, 1.165) is 11.1 Å². The number of hydrogen-bond donors (Lipinski definition) is 3. The molecule has 1 aromatic carbocycles. The molecule has 17 heavy (non-hydrogen) atoms. The van der Waals surface area contributed by atoms with Crippen molar-refractivity contribution in [2.24, 2.45) is 0 Å². The Bertz CT molecular complexity index is 355. The number of phenolic OH excluding ortho intramolecular Hbond substituents is 1. The highest BCUT2D eigenvalue weighted by Crippen LogP contribution is 2.25. The Morgan fingerprint density at radius 1 is 1.41 bits per heavy atom. The highest BCUT2D eigenvalue weighted by molar-refractivity contribution is 5.37. The van der Waals surface area contributed by atoms with Crippen LogP contribution in [0.2, 0.25) is 0 Å². The van der Waals surface area contributed by atoms with E-state index in [-0.39, 0.29) is 24.4 Å². The second kappa shape index (κ2) is 6.59. The molecule has 96 valence electrons. The van der Waals surface area contributed by atoms with E-state index in [9.17, 15) is 5.11 Å². The summed E-state index contributed by atoms with van der Waals surface area (Å²) in [5.41, 5.74) is 1.85. The summed E-state index contributed by atoms with van der Waals surface area (Å²) in [6.07, 6.45) is 0. The summed E-state index contributed by atoms with van der Waals surface area (Å²) in [5.74, 6) is 0.277.